The fourth-order valence-corrected chi connectivity index (χ4v) is 0.901. The molecule has 0 saturated carbocycles. The Morgan fingerprint density at radius 3 is 1.64 bits per heavy atom. The van der Waals surface area contributed by atoms with Crippen molar-refractivity contribution in [2.45, 2.75) is 47.5 Å². The summed E-state index contributed by atoms with van der Waals surface area (Å²) in [4.78, 5) is 0. The Labute approximate surface area is 81.4 Å². The fourth-order valence-electron chi connectivity index (χ4n) is 0.901. The second-order valence-corrected chi connectivity index (χ2v) is 3.65. The lowest BCUT2D eigenvalue weighted by molar-refractivity contribution is 0.215. The lowest BCUT2D eigenvalue weighted by atomic mass is 9.77. The van der Waals surface area contributed by atoms with Gasteiger partial charge >= 0.3 is 0 Å². The molecule has 0 spiro atoms. The predicted molar refractivity (Wildman–Crippen MR) is 58.3 cm³/mol. The van der Waals surface area contributed by atoms with Gasteiger partial charge in [-0.05, 0) is 11.3 Å². The highest BCUT2D eigenvalue weighted by atomic mass is 32.8. The maximum absolute atomic E-state index is 3.67. The van der Waals surface area contributed by atoms with E-state index in [2.05, 4.69) is 57.0 Å². The van der Waals surface area contributed by atoms with Gasteiger partial charge in [0.15, 0.2) is 0 Å². The van der Waals surface area contributed by atoms with Crippen LogP contribution in [-0.4, -0.2) is 0 Å². The molecular weight excluding hydrogens is 172 g/mol. The smallest absolute Gasteiger partial charge is 0 e. The first kappa shape index (κ1) is 14.0. The van der Waals surface area contributed by atoms with Gasteiger partial charge in [-0.2, -0.15) is 0 Å². The Kier molecular flexibility index (Phi) is 9.04. The summed E-state index contributed by atoms with van der Waals surface area (Å²) >= 11 is 7.33. The third-order valence-electron chi connectivity index (χ3n) is 2.86. The van der Waals surface area contributed by atoms with Crippen molar-refractivity contribution in [2.75, 3.05) is 0 Å². The van der Waals surface area contributed by atoms with Gasteiger partial charge in [-0.25, -0.2) is 0 Å². The Hall–Kier alpha value is 0.440. The van der Waals surface area contributed by atoms with Gasteiger partial charge in [-0.3, -0.25) is 0 Å². The molecule has 2 heteroatoms. The van der Waals surface area contributed by atoms with Crippen LogP contribution in [0, 0.1) is 11.3 Å². The molecule has 0 N–H and O–H groups in total. The Morgan fingerprint density at radius 1 is 1.18 bits per heavy atom. The molecule has 0 bridgehead atoms. The molecule has 0 rings (SSSR count). The van der Waals surface area contributed by atoms with E-state index in [1.54, 1.807) is 0 Å². The van der Waals surface area contributed by atoms with Crippen molar-refractivity contribution in [1.29, 1.82) is 0 Å². The topological polar surface area (TPSA) is 0 Å². The van der Waals surface area contributed by atoms with Gasteiger partial charge in [0.25, 0.3) is 0 Å². The largest absolute Gasteiger partial charge is 0.0651 e. The highest BCUT2D eigenvalue weighted by Crippen LogP contribution is 2.31. The van der Waals surface area contributed by atoms with Crippen molar-refractivity contribution in [3.05, 3.63) is 0 Å². The molecule has 0 heterocycles. The summed E-state index contributed by atoms with van der Waals surface area (Å²) in [6.07, 6.45) is 2.60. The second-order valence-electron chi connectivity index (χ2n) is 3.65. The Balaban J connectivity index is 0. The molecule has 68 valence electrons. The molecule has 0 nitrogen and oxygen atoms in total. The van der Waals surface area contributed by atoms with Gasteiger partial charge in [0.05, 0.1) is 0 Å². The zero-order valence-corrected chi connectivity index (χ0v) is 9.94. The van der Waals surface area contributed by atoms with E-state index in [0.717, 1.165) is 5.92 Å². The molecule has 0 aromatic carbocycles. The summed E-state index contributed by atoms with van der Waals surface area (Å²) in [6.45, 7) is 11.6. The summed E-state index contributed by atoms with van der Waals surface area (Å²) in [6, 6.07) is 0. The normalized spacial score (nSPS) is 13.2. The van der Waals surface area contributed by atoms with Gasteiger partial charge in [0, 0.05) is 22.4 Å². The second kappa shape index (κ2) is 7.11. The van der Waals surface area contributed by atoms with E-state index >= 15 is 0 Å². The van der Waals surface area contributed by atoms with Crippen LogP contribution < -0.4 is 0 Å². The van der Waals surface area contributed by atoms with E-state index in [1.807, 2.05) is 0 Å². The minimum Gasteiger partial charge on any atom is -0.0651 e. The molecule has 11 heavy (non-hydrogen) atoms. The number of rotatable bonds is 3. The van der Waals surface area contributed by atoms with Crippen molar-refractivity contribution in [3.63, 3.8) is 0 Å². The van der Waals surface area contributed by atoms with E-state index < -0.39 is 0 Å². The summed E-state index contributed by atoms with van der Waals surface area (Å²) in [5.74, 6) is 0.863. The minimum absolute atomic E-state index is 0.550. The highest BCUT2D eigenvalue weighted by Gasteiger charge is 2.21. The van der Waals surface area contributed by atoms with E-state index in [1.165, 1.54) is 12.8 Å². The van der Waals surface area contributed by atoms with Crippen molar-refractivity contribution in [3.8, 4) is 0 Å². The zero-order valence-electron chi connectivity index (χ0n) is 8.31. The molecule has 0 amide bonds. The predicted octanol–water partition coefficient (Wildman–Crippen LogP) is 3.46. The first-order valence-corrected chi connectivity index (χ1v) is 5.54. The summed E-state index contributed by atoms with van der Waals surface area (Å²) in [7, 11) is 0. The van der Waals surface area contributed by atoms with Crippen molar-refractivity contribution >= 4 is 22.4 Å². The van der Waals surface area contributed by atoms with E-state index in [-0.39, 0.29) is 0 Å². The molecule has 0 aliphatic carbocycles. The van der Waals surface area contributed by atoms with Crippen LogP contribution >= 0.6 is 0 Å². The van der Waals surface area contributed by atoms with E-state index in [4.69, 9.17) is 0 Å². The summed E-state index contributed by atoms with van der Waals surface area (Å²) in [5.41, 5.74) is 0.550. The van der Waals surface area contributed by atoms with Crippen LogP contribution in [0.5, 0.6) is 0 Å². The van der Waals surface area contributed by atoms with Crippen molar-refractivity contribution < 1.29 is 0 Å². The Bertz CT molecular complexity index is 89.6. The molecular formula is C9H20S2. The molecule has 0 aliphatic heterocycles. The van der Waals surface area contributed by atoms with Gasteiger partial charge < -0.3 is 0 Å². The number of hydrogen-bond donors (Lipinski definition) is 0. The minimum atomic E-state index is 0.550. The third-order valence-corrected chi connectivity index (χ3v) is 2.86. The van der Waals surface area contributed by atoms with Crippen LogP contribution in [0.3, 0.4) is 0 Å². The number of hydrogen-bond acceptors (Lipinski definition) is 2. The van der Waals surface area contributed by atoms with E-state index in [9.17, 15) is 0 Å². The summed E-state index contributed by atoms with van der Waals surface area (Å²) in [5, 5.41) is 0. The molecule has 0 saturated heterocycles. The third kappa shape index (κ3) is 5.68. The average molecular weight is 192 g/mol. The lowest BCUT2D eigenvalue weighted by Crippen LogP contribution is -2.19. The fraction of sp³-hybridized carbons (Fsp3) is 1.00. The molecule has 0 fully saturated rings. The highest BCUT2D eigenvalue weighted by molar-refractivity contribution is 8.07. The molecule has 0 aromatic heterocycles. The van der Waals surface area contributed by atoms with Crippen LogP contribution in [0.2, 0.25) is 0 Å². The van der Waals surface area contributed by atoms with Gasteiger partial charge in [-0.15, -0.1) is 0 Å². The maximum Gasteiger partial charge on any atom is 0 e. The van der Waals surface area contributed by atoms with Crippen molar-refractivity contribution in [1.82, 2.24) is 0 Å². The SMILES string of the molecule is CCC(C)C(C)(C)CC.S=S. The van der Waals surface area contributed by atoms with Crippen LogP contribution in [0.1, 0.15) is 47.5 Å². The molecule has 0 aromatic rings. The molecule has 1 unspecified atom stereocenters. The first-order chi connectivity index (χ1) is 5.04. The zero-order chi connectivity index (χ0) is 9.49. The average Bonchev–Trinajstić information content (AvgIpc) is 2.06. The standard InChI is InChI=1S/C9H20.S2/c1-6-8(3)9(4,5)7-2;1-2/h8H,6-7H2,1-5H3;. The van der Waals surface area contributed by atoms with Gasteiger partial charge in [-0.1, -0.05) is 47.5 Å². The molecule has 1 atom stereocenters. The van der Waals surface area contributed by atoms with Crippen LogP contribution in [0.25, 0.3) is 0 Å². The first-order valence-electron chi connectivity index (χ1n) is 4.21. The van der Waals surface area contributed by atoms with Gasteiger partial charge in [0.2, 0.25) is 0 Å². The lowest BCUT2D eigenvalue weighted by Gasteiger charge is -2.29. The Morgan fingerprint density at radius 2 is 1.55 bits per heavy atom. The van der Waals surface area contributed by atoms with Crippen LogP contribution in [0.4, 0.5) is 0 Å². The monoisotopic (exact) mass is 192 g/mol. The van der Waals surface area contributed by atoms with Crippen LogP contribution in [-0.2, 0) is 22.4 Å². The van der Waals surface area contributed by atoms with Gasteiger partial charge in [0.1, 0.15) is 0 Å². The quantitative estimate of drug-likeness (QED) is 0.671. The molecule has 0 aliphatic rings. The van der Waals surface area contributed by atoms with Crippen LogP contribution in [0.15, 0.2) is 0 Å². The molecule has 0 radical (unpaired) electrons. The summed E-state index contributed by atoms with van der Waals surface area (Å²) < 4.78 is 0. The van der Waals surface area contributed by atoms with Crippen molar-refractivity contribution in [2.24, 2.45) is 11.3 Å². The maximum atomic E-state index is 3.67. The van der Waals surface area contributed by atoms with E-state index in [0.29, 0.717) is 5.41 Å².